The number of nitrogen functional groups attached to an aromatic ring is 1. The second-order valence-corrected chi connectivity index (χ2v) is 5.20. The van der Waals surface area contributed by atoms with Crippen LogP contribution in [-0.2, 0) is 6.42 Å². The summed E-state index contributed by atoms with van der Waals surface area (Å²) in [5.41, 5.74) is 8.39. The second-order valence-electron chi connectivity index (χ2n) is 5.20. The molecule has 0 spiro atoms. The lowest BCUT2D eigenvalue weighted by atomic mass is 10.1. The highest BCUT2D eigenvalue weighted by Gasteiger charge is 2.07. The Hall–Kier alpha value is -2.96. The first-order chi connectivity index (χ1) is 11.2. The van der Waals surface area contributed by atoms with Crippen LogP contribution in [-0.4, -0.2) is 26.1 Å². The molecular weight excluding hydrogens is 292 g/mol. The summed E-state index contributed by atoms with van der Waals surface area (Å²) in [5.74, 6) is 1.56. The minimum Gasteiger partial charge on any atom is -0.421 e. The van der Waals surface area contributed by atoms with Crippen molar-refractivity contribution in [1.29, 1.82) is 0 Å². The molecule has 0 fully saturated rings. The van der Waals surface area contributed by atoms with Gasteiger partial charge in [0.2, 0.25) is 17.7 Å². The number of imidazole rings is 1. The number of nitrogens with two attached hydrogens (primary N) is 1. The SMILES string of the molecule is CCCc1nnc(-c2ccc(C=Nn3cc(C)nc3N)cc2)o1. The molecule has 0 atom stereocenters. The van der Waals surface area contributed by atoms with Crippen LogP contribution in [0.1, 0.15) is 30.5 Å². The molecule has 23 heavy (non-hydrogen) atoms. The summed E-state index contributed by atoms with van der Waals surface area (Å²) in [6.45, 7) is 3.95. The van der Waals surface area contributed by atoms with Crippen LogP contribution in [0.15, 0.2) is 40.0 Å². The Morgan fingerprint density at radius 2 is 2.04 bits per heavy atom. The lowest BCUT2D eigenvalue weighted by molar-refractivity contribution is 0.502. The van der Waals surface area contributed by atoms with Gasteiger partial charge < -0.3 is 10.2 Å². The fourth-order valence-corrected chi connectivity index (χ4v) is 2.12. The van der Waals surface area contributed by atoms with Crippen LogP contribution < -0.4 is 5.73 Å². The predicted molar refractivity (Wildman–Crippen MR) is 88.1 cm³/mol. The third-order valence-electron chi connectivity index (χ3n) is 3.25. The van der Waals surface area contributed by atoms with Gasteiger partial charge in [-0.1, -0.05) is 19.1 Å². The first-order valence-electron chi connectivity index (χ1n) is 7.44. The molecule has 0 bridgehead atoms. The van der Waals surface area contributed by atoms with Crippen LogP contribution in [0, 0.1) is 6.92 Å². The summed E-state index contributed by atoms with van der Waals surface area (Å²) in [6, 6.07) is 7.71. The Bertz CT molecular complexity index is 815. The highest BCUT2D eigenvalue weighted by molar-refractivity contribution is 5.80. The molecule has 0 saturated carbocycles. The summed E-state index contributed by atoms with van der Waals surface area (Å²) in [6.07, 6.45) is 5.27. The summed E-state index contributed by atoms with van der Waals surface area (Å²) in [4.78, 5) is 4.09. The Balaban J connectivity index is 1.75. The normalized spacial score (nSPS) is 11.4. The fraction of sp³-hybridized carbons (Fsp3) is 0.250. The smallest absolute Gasteiger partial charge is 0.247 e. The molecule has 2 aromatic heterocycles. The van der Waals surface area contributed by atoms with Crippen molar-refractivity contribution in [2.45, 2.75) is 26.7 Å². The van der Waals surface area contributed by atoms with Crippen molar-refractivity contribution in [2.75, 3.05) is 5.73 Å². The average Bonchev–Trinajstić information content (AvgIpc) is 3.13. The molecule has 3 aromatic rings. The number of hydrogen-bond donors (Lipinski definition) is 1. The van der Waals surface area contributed by atoms with E-state index in [1.807, 2.05) is 31.2 Å². The molecule has 0 unspecified atom stereocenters. The molecule has 0 saturated heterocycles. The molecule has 0 aliphatic rings. The van der Waals surface area contributed by atoms with Crippen LogP contribution in [0.25, 0.3) is 11.5 Å². The van der Waals surface area contributed by atoms with Crippen LogP contribution in [0.2, 0.25) is 0 Å². The van der Waals surface area contributed by atoms with Gasteiger partial charge in [-0.15, -0.1) is 10.2 Å². The maximum absolute atomic E-state index is 5.74. The number of benzene rings is 1. The fourth-order valence-electron chi connectivity index (χ4n) is 2.12. The first-order valence-corrected chi connectivity index (χ1v) is 7.44. The van der Waals surface area contributed by atoms with Gasteiger partial charge in [0, 0.05) is 12.0 Å². The van der Waals surface area contributed by atoms with Gasteiger partial charge in [0.05, 0.1) is 18.1 Å². The molecular formula is C16H18N6O. The van der Waals surface area contributed by atoms with E-state index in [1.54, 1.807) is 12.4 Å². The Kier molecular flexibility index (Phi) is 4.18. The third kappa shape index (κ3) is 3.45. The summed E-state index contributed by atoms with van der Waals surface area (Å²) in [5, 5.41) is 12.4. The molecule has 7 nitrogen and oxygen atoms in total. The number of anilines is 1. The van der Waals surface area contributed by atoms with Crippen LogP contribution in [0.3, 0.4) is 0 Å². The maximum atomic E-state index is 5.74. The molecule has 1 aromatic carbocycles. The lowest BCUT2D eigenvalue weighted by Crippen LogP contribution is -1.96. The summed E-state index contributed by atoms with van der Waals surface area (Å²) >= 11 is 0. The number of aromatic nitrogens is 4. The van der Waals surface area contributed by atoms with E-state index < -0.39 is 0 Å². The first kappa shape index (κ1) is 15.0. The van der Waals surface area contributed by atoms with Crippen molar-refractivity contribution < 1.29 is 4.42 Å². The van der Waals surface area contributed by atoms with Crippen molar-refractivity contribution in [2.24, 2.45) is 5.10 Å². The molecule has 2 heterocycles. The second kappa shape index (κ2) is 6.43. The van der Waals surface area contributed by atoms with Gasteiger partial charge in [-0.3, -0.25) is 0 Å². The summed E-state index contributed by atoms with van der Waals surface area (Å²) < 4.78 is 7.15. The van der Waals surface area contributed by atoms with Crippen molar-refractivity contribution in [3.05, 3.63) is 47.6 Å². The average molecular weight is 310 g/mol. The van der Waals surface area contributed by atoms with E-state index in [1.165, 1.54) is 4.68 Å². The quantitative estimate of drug-likeness (QED) is 0.731. The number of hydrogen-bond acceptors (Lipinski definition) is 6. The maximum Gasteiger partial charge on any atom is 0.247 e. The van der Waals surface area contributed by atoms with Gasteiger partial charge >= 0.3 is 0 Å². The van der Waals surface area contributed by atoms with Gasteiger partial charge in [0.15, 0.2) is 0 Å². The van der Waals surface area contributed by atoms with E-state index in [-0.39, 0.29) is 0 Å². The number of rotatable bonds is 5. The molecule has 118 valence electrons. The molecule has 0 aliphatic carbocycles. The standard InChI is InChI=1S/C16H18N6O/c1-3-4-14-20-21-15(23-14)13-7-5-12(6-8-13)9-18-22-10-11(2)19-16(22)17/h5-10H,3-4H2,1-2H3,(H2,17,19). The Morgan fingerprint density at radius 3 is 2.70 bits per heavy atom. The van der Waals surface area contributed by atoms with Crippen LogP contribution in [0.4, 0.5) is 5.95 Å². The number of aryl methyl sites for hydroxylation is 2. The Labute approximate surface area is 133 Å². The zero-order chi connectivity index (χ0) is 16.2. The Morgan fingerprint density at radius 1 is 1.26 bits per heavy atom. The minimum absolute atomic E-state index is 0.365. The predicted octanol–water partition coefficient (Wildman–Crippen LogP) is 2.66. The summed E-state index contributed by atoms with van der Waals surface area (Å²) in [7, 11) is 0. The largest absolute Gasteiger partial charge is 0.421 e. The van der Waals surface area contributed by atoms with Gasteiger partial charge in [0.25, 0.3) is 0 Å². The molecule has 7 heteroatoms. The van der Waals surface area contributed by atoms with E-state index in [0.29, 0.717) is 17.7 Å². The number of nitrogens with zero attached hydrogens (tertiary/aromatic N) is 5. The van der Waals surface area contributed by atoms with Crippen LogP contribution >= 0.6 is 0 Å². The van der Waals surface area contributed by atoms with Gasteiger partial charge in [-0.05, 0) is 31.0 Å². The van der Waals surface area contributed by atoms with E-state index in [9.17, 15) is 0 Å². The molecule has 0 amide bonds. The lowest BCUT2D eigenvalue weighted by Gasteiger charge is -1.98. The van der Waals surface area contributed by atoms with Gasteiger partial charge in [-0.2, -0.15) is 5.10 Å². The van der Waals surface area contributed by atoms with Crippen molar-refractivity contribution >= 4 is 12.2 Å². The highest BCUT2D eigenvalue weighted by Crippen LogP contribution is 2.18. The van der Waals surface area contributed by atoms with Crippen LogP contribution in [0.5, 0.6) is 0 Å². The monoisotopic (exact) mass is 310 g/mol. The van der Waals surface area contributed by atoms with Crippen molar-refractivity contribution in [3.8, 4) is 11.5 Å². The van der Waals surface area contributed by atoms with E-state index in [4.69, 9.17) is 10.2 Å². The molecule has 0 radical (unpaired) electrons. The zero-order valence-electron chi connectivity index (χ0n) is 13.1. The topological polar surface area (TPSA) is 95.1 Å². The van der Waals surface area contributed by atoms with E-state index in [0.717, 1.165) is 29.7 Å². The highest BCUT2D eigenvalue weighted by atomic mass is 16.4. The van der Waals surface area contributed by atoms with E-state index >= 15 is 0 Å². The molecule has 0 aliphatic heterocycles. The van der Waals surface area contributed by atoms with Crippen molar-refractivity contribution in [1.82, 2.24) is 19.9 Å². The van der Waals surface area contributed by atoms with Gasteiger partial charge in [-0.25, -0.2) is 9.66 Å². The van der Waals surface area contributed by atoms with Crippen molar-refractivity contribution in [3.63, 3.8) is 0 Å². The zero-order valence-corrected chi connectivity index (χ0v) is 13.1. The molecule has 3 rings (SSSR count). The third-order valence-corrected chi connectivity index (χ3v) is 3.25. The van der Waals surface area contributed by atoms with Gasteiger partial charge in [0.1, 0.15) is 0 Å². The molecule has 2 N–H and O–H groups in total. The minimum atomic E-state index is 0.365. The van der Waals surface area contributed by atoms with E-state index in [2.05, 4.69) is 27.2 Å².